The minimum atomic E-state index is -0.362. The molecule has 1 aromatic carbocycles. The minimum absolute atomic E-state index is 0.0617. The summed E-state index contributed by atoms with van der Waals surface area (Å²) in [6.07, 6.45) is 0.0617. The first-order valence-corrected chi connectivity index (χ1v) is 5.57. The molecule has 0 unspecified atom stereocenters. The number of esters is 1. The van der Waals surface area contributed by atoms with Gasteiger partial charge in [0.25, 0.3) is 0 Å². The predicted molar refractivity (Wildman–Crippen MR) is 64.4 cm³/mol. The standard InChI is InChI=1S/C12H13ClN2O2/c1-2-17-12(16)5-8-3-9(6-14)10(7-15)4-11(8)13/h3-4H,2,5,7,15H2,1H3. The maximum absolute atomic E-state index is 11.3. The Hall–Kier alpha value is -1.57. The van der Waals surface area contributed by atoms with Gasteiger partial charge in [-0.15, -0.1) is 0 Å². The van der Waals surface area contributed by atoms with Crippen LogP contribution in [-0.4, -0.2) is 12.6 Å². The van der Waals surface area contributed by atoms with Crippen molar-refractivity contribution in [2.45, 2.75) is 19.9 Å². The topological polar surface area (TPSA) is 76.1 Å². The molecule has 2 N–H and O–H groups in total. The Bertz CT molecular complexity index is 466. The number of ether oxygens (including phenoxy) is 1. The number of halogens is 1. The van der Waals surface area contributed by atoms with Crippen molar-refractivity contribution >= 4 is 17.6 Å². The van der Waals surface area contributed by atoms with Crippen LogP contribution in [0.5, 0.6) is 0 Å². The number of hydrogen-bond donors (Lipinski definition) is 1. The fourth-order valence-corrected chi connectivity index (χ4v) is 1.69. The minimum Gasteiger partial charge on any atom is -0.466 e. The van der Waals surface area contributed by atoms with Gasteiger partial charge in [0, 0.05) is 11.6 Å². The number of carbonyl (C=O) groups excluding carboxylic acids is 1. The fraction of sp³-hybridized carbons (Fsp3) is 0.333. The number of carbonyl (C=O) groups is 1. The summed E-state index contributed by atoms with van der Waals surface area (Å²) >= 11 is 6.01. The third kappa shape index (κ3) is 3.45. The summed E-state index contributed by atoms with van der Waals surface area (Å²) < 4.78 is 4.83. The van der Waals surface area contributed by atoms with E-state index >= 15 is 0 Å². The van der Waals surface area contributed by atoms with Gasteiger partial charge in [-0.1, -0.05) is 11.6 Å². The lowest BCUT2D eigenvalue weighted by molar-refractivity contribution is -0.142. The van der Waals surface area contributed by atoms with Crippen molar-refractivity contribution in [2.75, 3.05) is 6.61 Å². The zero-order chi connectivity index (χ0) is 12.8. The number of nitrogens with zero attached hydrogens (tertiary/aromatic N) is 1. The highest BCUT2D eigenvalue weighted by atomic mass is 35.5. The average Bonchev–Trinajstić information content (AvgIpc) is 2.31. The Labute approximate surface area is 105 Å². The number of benzene rings is 1. The first-order chi connectivity index (χ1) is 8.12. The molecule has 0 amide bonds. The van der Waals surface area contributed by atoms with Gasteiger partial charge in [-0.25, -0.2) is 0 Å². The van der Waals surface area contributed by atoms with Crippen molar-refractivity contribution in [1.82, 2.24) is 0 Å². The molecular formula is C12H13ClN2O2. The highest BCUT2D eigenvalue weighted by Crippen LogP contribution is 2.22. The van der Waals surface area contributed by atoms with Gasteiger partial charge in [0.15, 0.2) is 0 Å². The van der Waals surface area contributed by atoms with E-state index in [9.17, 15) is 4.79 Å². The van der Waals surface area contributed by atoms with Gasteiger partial charge >= 0.3 is 5.97 Å². The second kappa shape index (κ2) is 6.24. The lowest BCUT2D eigenvalue weighted by Gasteiger charge is -2.08. The van der Waals surface area contributed by atoms with Gasteiger partial charge in [0.1, 0.15) is 0 Å². The van der Waals surface area contributed by atoms with E-state index in [1.807, 2.05) is 6.07 Å². The molecule has 0 aliphatic carbocycles. The second-order valence-corrected chi connectivity index (χ2v) is 3.81. The summed E-state index contributed by atoms with van der Waals surface area (Å²) in [6.45, 7) is 2.29. The van der Waals surface area contributed by atoms with Crippen molar-refractivity contribution in [3.05, 3.63) is 33.8 Å². The Morgan fingerprint density at radius 2 is 2.24 bits per heavy atom. The van der Waals surface area contributed by atoms with E-state index in [0.717, 1.165) is 0 Å². The van der Waals surface area contributed by atoms with Crippen LogP contribution in [-0.2, 0) is 22.5 Å². The zero-order valence-electron chi connectivity index (χ0n) is 9.50. The molecule has 1 rings (SSSR count). The van der Waals surface area contributed by atoms with Crippen LogP contribution in [0.15, 0.2) is 12.1 Å². The molecule has 0 fully saturated rings. The van der Waals surface area contributed by atoms with Crippen LogP contribution in [0.4, 0.5) is 0 Å². The zero-order valence-corrected chi connectivity index (χ0v) is 10.3. The first kappa shape index (κ1) is 13.5. The van der Waals surface area contributed by atoms with E-state index in [1.165, 1.54) is 0 Å². The van der Waals surface area contributed by atoms with Crippen LogP contribution in [0, 0.1) is 11.3 Å². The summed E-state index contributed by atoms with van der Waals surface area (Å²) in [5, 5.41) is 9.37. The first-order valence-electron chi connectivity index (χ1n) is 5.19. The molecule has 5 heteroatoms. The van der Waals surface area contributed by atoms with Gasteiger partial charge in [0.2, 0.25) is 0 Å². The lowest BCUT2D eigenvalue weighted by Crippen LogP contribution is -2.09. The highest BCUT2D eigenvalue weighted by Gasteiger charge is 2.11. The van der Waals surface area contributed by atoms with E-state index < -0.39 is 0 Å². The van der Waals surface area contributed by atoms with Crippen LogP contribution >= 0.6 is 11.6 Å². The van der Waals surface area contributed by atoms with Crippen LogP contribution in [0.25, 0.3) is 0 Å². The number of rotatable bonds is 4. The lowest BCUT2D eigenvalue weighted by atomic mass is 10.0. The summed E-state index contributed by atoms with van der Waals surface area (Å²) in [4.78, 5) is 11.3. The maximum Gasteiger partial charge on any atom is 0.310 e. The molecule has 0 atom stereocenters. The van der Waals surface area contributed by atoms with Gasteiger partial charge in [-0.3, -0.25) is 4.79 Å². The van der Waals surface area contributed by atoms with Crippen LogP contribution in [0.2, 0.25) is 5.02 Å². The molecule has 0 spiro atoms. The molecule has 90 valence electrons. The SMILES string of the molecule is CCOC(=O)Cc1cc(C#N)c(CN)cc1Cl. The largest absolute Gasteiger partial charge is 0.466 e. The smallest absolute Gasteiger partial charge is 0.310 e. The van der Waals surface area contributed by atoms with Gasteiger partial charge < -0.3 is 10.5 Å². The predicted octanol–water partition coefficient (Wildman–Crippen LogP) is 1.78. The molecule has 0 bridgehead atoms. The molecule has 0 saturated carbocycles. The molecule has 0 saturated heterocycles. The molecule has 0 aromatic heterocycles. The molecular weight excluding hydrogens is 240 g/mol. The van der Waals surface area contributed by atoms with Gasteiger partial charge in [0.05, 0.1) is 24.7 Å². The number of hydrogen-bond acceptors (Lipinski definition) is 4. The molecule has 0 aliphatic rings. The Morgan fingerprint density at radius 1 is 1.53 bits per heavy atom. The van der Waals surface area contributed by atoms with Crippen molar-refractivity contribution < 1.29 is 9.53 Å². The number of nitrogens with two attached hydrogens (primary N) is 1. The molecule has 1 aromatic rings. The van der Waals surface area contributed by atoms with Gasteiger partial charge in [-0.2, -0.15) is 5.26 Å². The van der Waals surface area contributed by atoms with E-state index in [2.05, 4.69) is 0 Å². The van der Waals surface area contributed by atoms with Crippen LogP contribution < -0.4 is 5.73 Å². The fourth-order valence-electron chi connectivity index (χ4n) is 1.44. The molecule has 0 heterocycles. The van der Waals surface area contributed by atoms with Crippen molar-refractivity contribution in [3.63, 3.8) is 0 Å². The summed E-state index contributed by atoms with van der Waals surface area (Å²) in [6, 6.07) is 5.23. The Balaban J connectivity index is 3.01. The Kier molecular flexibility index (Phi) is 4.95. The van der Waals surface area contributed by atoms with E-state index in [-0.39, 0.29) is 18.9 Å². The van der Waals surface area contributed by atoms with Gasteiger partial charge in [-0.05, 0) is 30.2 Å². The second-order valence-electron chi connectivity index (χ2n) is 3.40. The third-order valence-corrected chi connectivity index (χ3v) is 2.60. The third-order valence-electron chi connectivity index (χ3n) is 2.25. The van der Waals surface area contributed by atoms with Crippen LogP contribution in [0.3, 0.4) is 0 Å². The quantitative estimate of drug-likeness (QED) is 0.829. The van der Waals surface area contributed by atoms with E-state index in [4.69, 9.17) is 27.3 Å². The number of nitriles is 1. The van der Waals surface area contributed by atoms with E-state index in [0.29, 0.717) is 28.3 Å². The molecule has 17 heavy (non-hydrogen) atoms. The van der Waals surface area contributed by atoms with Crippen molar-refractivity contribution in [1.29, 1.82) is 5.26 Å². The average molecular weight is 253 g/mol. The molecule has 4 nitrogen and oxygen atoms in total. The summed E-state index contributed by atoms with van der Waals surface area (Å²) in [5.74, 6) is -0.362. The van der Waals surface area contributed by atoms with E-state index in [1.54, 1.807) is 19.1 Å². The summed E-state index contributed by atoms with van der Waals surface area (Å²) in [5.41, 5.74) is 7.19. The van der Waals surface area contributed by atoms with Crippen molar-refractivity contribution in [2.24, 2.45) is 5.73 Å². The molecule has 0 aliphatic heterocycles. The maximum atomic E-state index is 11.3. The molecule has 0 radical (unpaired) electrons. The highest BCUT2D eigenvalue weighted by molar-refractivity contribution is 6.31. The van der Waals surface area contributed by atoms with Crippen LogP contribution in [0.1, 0.15) is 23.6 Å². The Morgan fingerprint density at radius 3 is 2.76 bits per heavy atom. The monoisotopic (exact) mass is 252 g/mol. The normalized spacial score (nSPS) is 9.76. The summed E-state index contributed by atoms with van der Waals surface area (Å²) in [7, 11) is 0. The van der Waals surface area contributed by atoms with Crippen molar-refractivity contribution in [3.8, 4) is 6.07 Å².